The predicted molar refractivity (Wildman–Crippen MR) is 120 cm³/mol. The first-order valence-electron chi connectivity index (χ1n) is 10.3. The second kappa shape index (κ2) is 8.53. The molecule has 9 heteroatoms. The molecule has 160 valence electrons. The standard InChI is InChI=1S/C22H22ClN5O2S/c1-14-25-26-21-18(6-7-19(29)27-9-11-30-12-10-27)24-20(15-4-2-3-5-17(15)23)16-8-13-31-22(16)28(14)21/h2-5,8,13,18H,6-7,9-12H2,1H3. The molecule has 0 aliphatic carbocycles. The number of aliphatic imine (C=N–C) groups is 1. The maximum Gasteiger partial charge on any atom is 0.222 e. The summed E-state index contributed by atoms with van der Waals surface area (Å²) >= 11 is 8.18. The van der Waals surface area contributed by atoms with Crippen LogP contribution in [-0.2, 0) is 9.53 Å². The molecule has 0 saturated carbocycles. The number of benzene rings is 1. The number of rotatable bonds is 4. The summed E-state index contributed by atoms with van der Waals surface area (Å²) in [6, 6.07) is 9.50. The van der Waals surface area contributed by atoms with Gasteiger partial charge in [0.25, 0.3) is 0 Å². The van der Waals surface area contributed by atoms with E-state index in [1.165, 1.54) is 0 Å². The number of hydrogen-bond donors (Lipinski definition) is 0. The molecule has 0 bridgehead atoms. The van der Waals surface area contributed by atoms with Crippen molar-refractivity contribution in [2.45, 2.75) is 25.8 Å². The van der Waals surface area contributed by atoms with Gasteiger partial charge in [-0.2, -0.15) is 0 Å². The maximum atomic E-state index is 12.8. The highest BCUT2D eigenvalue weighted by Gasteiger charge is 2.30. The third kappa shape index (κ3) is 3.79. The van der Waals surface area contributed by atoms with Crippen molar-refractivity contribution in [3.63, 3.8) is 0 Å². The molecular formula is C22H22ClN5O2S. The van der Waals surface area contributed by atoms with Gasteiger partial charge in [0.05, 0.1) is 18.9 Å². The molecule has 2 aromatic heterocycles. The van der Waals surface area contributed by atoms with Gasteiger partial charge in [0, 0.05) is 35.7 Å². The third-order valence-electron chi connectivity index (χ3n) is 5.66. The Morgan fingerprint density at radius 1 is 1.19 bits per heavy atom. The van der Waals surface area contributed by atoms with E-state index in [2.05, 4.69) is 20.8 Å². The van der Waals surface area contributed by atoms with E-state index < -0.39 is 0 Å². The molecule has 0 N–H and O–H groups in total. The molecule has 1 fully saturated rings. The molecule has 2 aliphatic heterocycles. The molecular weight excluding hydrogens is 434 g/mol. The molecule has 7 nitrogen and oxygen atoms in total. The number of hydrogen-bond acceptors (Lipinski definition) is 6. The molecule has 1 atom stereocenters. The topological polar surface area (TPSA) is 72.6 Å². The lowest BCUT2D eigenvalue weighted by Crippen LogP contribution is -2.40. The van der Waals surface area contributed by atoms with Crippen molar-refractivity contribution in [3.05, 3.63) is 63.5 Å². The summed E-state index contributed by atoms with van der Waals surface area (Å²) in [4.78, 5) is 19.8. The van der Waals surface area contributed by atoms with E-state index in [4.69, 9.17) is 21.3 Å². The Morgan fingerprint density at radius 2 is 2.00 bits per heavy atom. The van der Waals surface area contributed by atoms with Crippen LogP contribution in [0.1, 0.15) is 41.7 Å². The van der Waals surface area contributed by atoms with E-state index in [1.807, 2.05) is 41.5 Å². The van der Waals surface area contributed by atoms with Crippen LogP contribution in [0, 0.1) is 6.92 Å². The summed E-state index contributed by atoms with van der Waals surface area (Å²) in [5, 5.41) is 12.5. The first-order chi connectivity index (χ1) is 15.1. The first kappa shape index (κ1) is 20.4. The zero-order valence-corrected chi connectivity index (χ0v) is 18.7. The van der Waals surface area contributed by atoms with E-state index in [-0.39, 0.29) is 11.9 Å². The number of halogens is 1. The third-order valence-corrected chi connectivity index (χ3v) is 6.89. The van der Waals surface area contributed by atoms with Crippen molar-refractivity contribution < 1.29 is 9.53 Å². The van der Waals surface area contributed by atoms with E-state index in [9.17, 15) is 4.79 Å². The van der Waals surface area contributed by atoms with Crippen LogP contribution in [0.2, 0.25) is 5.02 Å². The molecule has 2 aliphatic rings. The van der Waals surface area contributed by atoms with Gasteiger partial charge in [-0.15, -0.1) is 21.5 Å². The molecule has 1 amide bonds. The lowest BCUT2D eigenvalue weighted by Gasteiger charge is -2.27. The summed E-state index contributed by atoms with van der Waals surface area (Å²) in [5.74, 6) is 1.69. The van der Waals surface area contributed by atoms with Gasteiger partial charge in [0.2, 0.25) is 5.91 Å². The van der Waals surface area contributed by atoms with E-state index in [0.29, 0.717) is 44.2 Å². The van der Waals surface area contributed by atoms with Crippen LogP contribution in [0.4, 0.5) is 0 Å². The average Bonchev–Trinajstić information content (AvgIpc) is 3.38. The number of aromatic nitrogens is 3. The number of fused-ring (bicyclic) bond motifs is 3. The lowest BCUT2D eigenvalue weighted by atomic mass is 10.0. The van der Waals surface area contributed by atoms with Crippen LogP contribution in [0.25, 0.3) is 5.00 Å². The van der Waals surface area contributed by atoms with Crippen LogP contribution in [0.5, 0.6) is 0 Å². The normalized spacial score (nSPS) is 18.2. The summed E-state index contributed by atoms with van der Waals surface area (Å²) < 4.78 is 7.43. The summed E-state index contributed by atoms with van der Waals surface area (Å²) in [7, 11) is 0. The molecule has 4 heterocycles. The van der Waals surface area contributed by atoms with Gasteiger partial charge < -0.3 is 9.64 Å². The van der Waals surface area contributed by atoms with Crippen LogP contribution >= 0.6 is 22.9 Å². The number of ether oxygens (including phenoxy) is 1. The number of carbonyl (C=O) groups excluding carboxylic acids is 1. The number of morpholine rings is 1. The van der Waals surface area contributed by atoms with Gasteiger partial charge in [-0.3, -0.25) is 14.4 Å². The molecule has 0 radical (unpaired) electrons. The van der Waals surface area contributed by atoms with Gasteiger partial charge in [0.1, 0.15) is 16.9 Å². The second-order valence-corrected chi connectivity index (χ2v) is 8.89. The highest BCUT2D eigenvalue weighted by Crippen LogP contribution is 2.36. The van der Waals surface area contributed by atoms with E-state index >= 15 is 0 Å². The Morgan fingerprint density at radius 3 is 2.81 bits per heavy atom. The summed E-state index contributed by atoms with van der Waals surface area (Å²) in [6.07, 6.45) is 0.945. The summed E-state index contributed by atoms with van der Waals surface area (Å²) in [6.45, 7) is 4.42. The minimum absolute atomic E-state index is 0.125. The van der Waals surface area contributed by atoms with Crippen LogP contribution < -0.4 is 0 Å². The monoisotopic (exact) mass is 455 g/mol. The highest BCUT2D eigenvalue weighted by atomic mass is 35.5. The minimum atomic E-state index is -0.294. The number of carbonyl (C=O) groups is 1. The Kier molecular flexibility index (Phi) is 5.60. The summed E-state index contributed by atoms with van der Waals surface area (Å²) in [5.41, 5.74) is 2.71. The molecule has 1 aromatic carbocycles. The fourth-order valence-corrected chi connectivity index (χ4v) is 5.26. The number of aryl methyl sites for hydroxylation is 1. The highest BCUT2D eigenvalue weighted by molar-refractivity contribution is 7.13. The van der Waals surface area contributed by atoms with Gasteiger partial charge >= 0.3 is 0 Å². The molecule has 1 saturated heterocycles. The van der Waals surface area contributed by atoms with Crippen molar-refractivity contribution in [2.24, 2.45) is 4.99 Å². The average molecular weight is 456 g/mol. The van der Waals surface area contributed by atoms with Crippen molar-refractivity contribution >= 4 is 34.6 Å². The Balaban J connectivity index is 1.54. The van der Waals surface area contributed by atoms with Gasteiger partial charge in [-0.05, 0) is 30.9 Å². The van der Waals surface area contributed by atoms with Crippen molar-refractivity contribution in [1.82, 2.24) is 19.7 Å². The van der Waals surface area contributed by atoms with Crippen molar-refractivity contribution in [2.75, 3.05) is 26.3 Å². The number of thiophene rings is 1. The zero-order valence-electron chi connectivity index (χ0n) is 17.1. The Hall–Kier alpha value is -2.55. The van der Waals surface area contributed by atoms with Crippen molar-refractivity contribution in [3.8, 4) is 5.00 Å². The molecule has 1 unspecified atom stereocenters. The van der Waals surface area contributed by atoms with Gasteiger partial charge in [-0.25, -0.2) is 0 Å². The number of nitrogens with zero attached hydrogens (tertiary/aromatic N) is 5. The Labute approximate surface area is 189 Å². The molecule has 3 aromatic rings. The Bertz CT molecular complexity index is 1150. The first-order valence-corrected chi connectivity index (χ1v) is 11.6. The van der Waals surface area contributed by atoms with Crippen LogP contribution in [-0.4, -0.2) is 57.6 Å². The van der Waals surface area contributed by atoms with Crippen LogP contribution in [0.3, 0.4) is 0 Å². The van der Waals surface area contributed by atoms with E-state index in [0.717, 1.165) is 33.5 Å². The SMILES string of the molecule is Cc1nnc2n1-c1sccc1C(c1ccccc1Cl)=NC2CCC(=O)N1CCOCC1. The molecule has 31 heavy (non-hydrogen) atoms. The largest absolute Gasteiger partial charge is 0.378 e. The van der Waals surface area contributed by atoms with Gasteiger partial charge in [0.15, 0.2) is 5.82 Å². The van der Waals surface area contributed by atoms with Crippen LogP contribution in [0.15, 0.2) is 40.7 Å². The van der Waals surface area contributed by atoms with Gasteiger partial charge in [-0.1, -0.05) is 29.8 Å². The predicted octanol–water partition coefficient (Wildman–Crippen LogP) is 3.82. The van der Waals surface area contributed by atoms with Crippen molar-refractivity contribution in [1.29, 1.82) is 0 Å². The van der Waals surface area contributed by atoms with E-state index in [1.54, 1.807) is 11.3 Å². The molecule has 5 rings (SSSR count). The minimum Gasteiger partial charge on any atom is -0.378 e. The number of amides is 1. The second-order valence-electron chi connectivity index (χ2n) is 7.59. The zero-order chi connectivity index (χ0) is 21.4. The fraction of sp³-hybridized carbons (Fsp3) is 0.364. The smallest absolute Gasteiger partial charge is 0.222 e. The maximum absolute atomic E-state index is 12.8. The quantitative estimate of drug-likeness (QED) is 0.599. The molecule has 0 spiro atoms. The lowest BCUT2D eigenvalue weighted by molar-refractivity contribution is -0.135. The fourth-order valence-electron chi connectivity index (χ4n) is 4.08.